The first kappa shape index (κ1) is 24.0. The largest absolute Gasteiger partial charge is 0.308 e. The van der Waals surface area contributed by atoms with E-state index < -0.39 is 0 Å². The molecule has 8 rings (SSSR count). The van der Waals surface area contributed by atoms with Crippen molar-refractivity contribution in [2.45, 2.75) is 13.8 Å². The van der Waals surface area contributed by atoms with Crippen LogP contribution in [0, 0.1) is 36.5 Å². The molecular formula is C38H24N4. The van der Waals surface area contributed by atoms with E-state index in [0.29, 0.717) is 11.1 Å². The second-order valence-electron chi connectivity index (χ2n) is 11.0. The minimum absolute atomic E-state index is 0.457. The molecule has 0 saturated carbocycles. The fourth-order valence-electron chi connectivity index (χ4n) is 6.64. The molecule has 0 aliphatic rings. The third-order valence-corrected chi connectivity index (χ3v) is 8.48. The third kappa shape index (κ3) is 3.27. The summed E-state index contributed by atoms with van der Waals surface area (Å²) in [6, 6.07) is 42.5. The standard InChI is InChI=1S/C38H24N4/c1-23-11-14-33-30(17-23)31-18-24(2)12-15-34(31)41(33)36-20-37(27(22-40)19-26(36)21-39)42-32-10-6-5-9-29(32)38-28-8-4-3-7-25(28)13-16-35(38)42/h3-20H,1-2H3. The highest BCUT2D eigenvalue weighted by molar-refractivity contribution is 6.21. The molecule has 0 amide bonds. The fraction of sp³-hybridized carbons (Fsp3) is 0.0526. The minimum atomic E-state index is 0.457. The van der Waals surface area contributed by atoms with Crippen molar-refractivity contribution in [1.29, 1.82) is 10.5 Å². The fourth-order valence-corrected chi connectivity index (χ4v) is 6.64. The molecule has 0 bridgehead atoms. The number of hydrogen-bond donors (Lipinski definition) is 0. The molecule has 42 heavy (non-hydrogen) atoms. The molecule has 0 aliphatic carbocycles. The lowest BCUT2D eigenvalue weighted by molar-refractivity contribution is 1.12. The van der Waals surface area contributed by atoms with Gasteiger partial charge in [-0.05, 0) is 73.2 Å². The minimum Gasteiger partial charge on any atom is -0.308 e. The van der Waals surface area contributed by atoms with Crippen molar-refractivity contribution in [2.24, 2.45) is 0 Å². The van der Waals surface area contributed by atoms with E-state index in [1.54, 1.807) is 6.07 Å². The van der Waals surface area contributed by atoms with Crippen LogP contribution >= 0.6 is 0 Å². The van der Waals surface area contributed by atoms with E-state index in [2.05, 4.69) is 126 Å². The van der Waals surface area contributed by atoms with E-state index in [-0.39, 0.29) is 0 Å². The predicted molar refractivity (Wildman–Crippen MR) is 172 cm³/mol. The Bertz CT molecular complexity index is 2450. The van der Waals surface area contributed by atoms with Gasteiger partial charge in [-0.1, -0.05) is 71.8 Å². The molecular weight excluding hydrogens is 512 g/mol. The lowest BCUT2D eigenvalue weighted by Crippen LogP contribution is -2.04. The normalized spacial score (nSPS) is 11.5. The van der Waals surface area contributed by atoms with Gasteiger partial charge in [0.05, 0.1) is 44.6 Å². The van der Waals surface area contributed by atoms with Gasteiger partial charge in [-0.25, -0.2) is 0 Å². The number of rotatable bonds is 2. The van der Waals surface area contributed by atoms with Crippen molar-refractivity contribution >= 4 is 54.4 Å². The molecule has 4 nitrogen and oxygen atoms in total. The summed E-state index contributed by atoms with van der Waals surface area (Å²) in [5.74, 6) is 0. The molecule has 8 aromatic rings. The van der Waals surface area contributed by atoms with Crippen molar-refractivity contribution in [1.82, 2.24) is 9.13 Å². The Morgan fingerprint density at radius 2 is 1.00 bits per heavy atom. The van der Waals surface area contributed by atoms with Crippen LogP contribution in [-0.2, 0) is 0 Å². The van der Waals surface area contributed by atoms with E-state index >= 15 is 0 Å². The topological polar surface area (TPSA) is 57.4 Å². The number of aryl methyl sites for hydroxylation is 2. The van der Waals surface area contributed by atoms with Crippen molar-refractivity contribution < 1.29 is 0 Å². The average Bonchev–Trinajstić information content (AvgIpc) is 3.52. The van der Waals surface area contributed by atoms with Gasteiger partial charge in [-0.3, -0.25) is 0 Å². The average molecular weight is 537 g/mol. The zero-order valence-electron chi connectivity index (χ0n) is 23.2. The Hall–Kier alpha value is -5.84. The molecule has 0 saturated heterocycles. The summed E-state index contributed by atoms with van der Waals surface area (Å²) in [4.78, 5) is 0. The first-order valence-corrected chi connectivity index (χ1v) is 14.0. The van der Waals surface area contributed by atoms with Gasteiger partial charge in [0.2, 0.25) is 0 Å². The lowest BCUT2D eigenvalue weighted by atomic mass is 10.0. The van der Waals surface area contributed by atoms with Crippen LogP contribution in [0.3, 0.4) is 0 Å². The van der Waals surface area contributed by atoms with Crippen LogP contribution in [0.4, 0.5) is 0 Å². The van der Waals surface area contributed by atoms with Crippen molar-refractivity contribution in [3.05, 3.63) is 131 Å². The van der Waals surface area contributed by atoms with E-state index in [9.17, 15) is 10.5 Å². The van der Waals surface area contributed by atoms with Crippen LogP contribution < -0.4 is 0 Å². The maximum atomic E-state index is 10.4. The highest BCUT2D eigenvalue weighted by Crippen LogP contribution is 2.40. The number of nitriles is 2. The van der Waals surface area contributed by atoms with Crippen LogP contribution in [-0.4, -0.2) is 9.13 Å². The number of aromatic nitrogens is 2. The van der Waals surface area contributed by atoms with Crippen molar-refractivity contribution in [3.63, 3.8) is 0 Å². The summed E-state index contributed by atoms with van der Waals surface area (Å²) in [6.45, 7) is 4.20. The highest BCUT2D eigenvalue weighted by Gasteiger charge is 2.21. The van der Waals surface area contributed by atoms with Gasteiger partial charge in [0.25, 0.3) is 0 Å². The maximum absolute atomic E-state index is 10.4. The van der Waals surface area contributed by atoms with Crippen LogP contribution in [0.1, 0.15) is 22.3 Å². The summed E-state index contributed by atoms with van der Waals surface area (Å²) in [7, 11) is 0. The summed E-state index contributed by atoms with van der Waals surface area (Å²) in [5, 5.41) is 27.7. The van der Waals surface area contributed by atoms with Gasteiger partial charge in [0, 0.05) is 21.5 Å². The molecule has 0 unspecified atom stereocenters. The highest BCUT2D eigenvalue weighted by atomic mass is 15.0. The first-order valence-electron chi connectivity index (χ1n) is 14.0. The van der Waals surface area contributed by atoms with E-state index in [1.165, 1.54) is 21.9 Å². The zero-order chi connectivity index (χ0) is 28.5. The summed E-state index contributed by atoms with van der Waals surface area (Å²) < 4.78 is 4.36. The first-order chi connectivity index (χ1) is 20.6. The van der Waals surface area contributed by atoms with Gasteiger partial charge in [0.15, 0.2) is 0 Å². The molecule has 0 fully saturated rings. The van der Waals surface area contributed by atoms with Crippen LogP contribution in [0.2, 0.25) is 0 Å². The molecule has 0 aliphatic heterocycles. The van der Waals surface area contributed by atoms with Crippen LogP contribution in [0.15, 0.2) is 109 Å². The second kappa shape index (κ2) is 8.83. The summed E-state index contributed by atoms with van der Waals surface area (Å²) in [6.07, 6.45) is 0. The lowest BCUT2D eigenvalue weighted by Gasteiger charge is -2.16. The number of para-hydroxylation sites is 1. The van der Waals surface area contributed by atoms with Crippen molar-refractivity contribution in [2.75, 3.05) is 0 Å². The molecule has 196 valence electrons. The number of nitrogens with zero attached hydrogens (tertiary/aromatic N) is 4. The molecule has 0 spiro atoms. The molecule has 6 aromatic carbocycles. The van der Waals surface area contributed by atoms with Gasteiger partial charge in [0.1, 0.15) is 12.1 Å². The summed E-state index contributed by atoms with van der Waals surface area (Å²) in [5.41, 5.74) is 8.89. The van der Waals surface area contributed by atoms with E-state index in [4.69, 9.17) is 0 Å². The second-order valence-corrected chi connectivity index (χ2v) is 11.0. The van der Waals surface area contributed by atoms with Crippen molar-refractivity contribution in [3.8, 4) is 23.5 Å². The Labute approximate surface area is 242 Å². The van der Waals surface area contributed by atoms with E-state index in [0.717, 1.165) is 55.0 Å². The number of hydrogen-bond acceptors (Lipinski definition) is 2. The maximum Gasteiger partial charge on any atom is 0.101 e. The molecule has 2 aromatic heterocycles. The Balaban J connectivity index is 1.54. The third-order valence-electron chi connectivity index (χ3n) is 8.48. The zero-order valence-corrected chi connectivity index (χ0v) is 23.2. The van der Waals surface area contributed by atoms with Gasteiger partial charge in [-0.15, -0.1) is 0 Å². The Morgan fingerprint density at radius 3 is 1.64 bits per heavy atom. The molecule has 0 atom stereocenters. The van der Waals surface area contributed by atoms with Gasteiger partial charge >= 0.3 is 0 Å². The number of benzene rings is 6. The smallest absolute Gasteiger partial charge is 0.101 e. The molecule has 0 radical (unpaired) electrons. The van der Waals surface area contributed by atoms with Gasteiger partial charge in [-0.2, -0.15) is 10.5 Å². The number of fused-ring (bicyclic) bond motifs is 8. The SMILES string of the molecule is Cc1ccc2c(c1)c1cc(C)ccc1n2-c1cc(-n2c3ccccc3c3c4ccccc4ccc32)c(C#N)cc1C#N. The Kier molecular flexibility index (Phi) is 5.05. The molecule has 0 N–H and O–H groups in total. The van der Waals surface area contributed by atoms with Crippen LogP contribution in [0.25, 0.3) is 65.8 Å². The molecule has 2 heterocycles. The monoisotopic (exact) mass is 536 g/mol. The Morgan fingerprint density at radius 1 is 0.476 bits per heavy atom. The van der Waals surface area contributed by atoms with Gasteiger partial charge < -0.3 is 9.13 Å². The van der Waals surface area contributed by atoms with Crippen LogP contribution in [0.5, 0.6) is 0 Å². The predicted octanol–water partition coefficient (Wildman–Crippen LogP) is 9.39. The van der Waals surface area contributed by atoms with E-state index in [1.807, 2.05) is 12.1 Å². The molecule has 4 heteroatoms. The quantitative estimate of drug-likeness (QED) is 0.221. The summed E-state index contributed by atoms with van der Waals surface area (Å²) >= 11 is 0.